The SMILES string of the molecule is Cc1nsc(-c2ccc(N3CCN(C(=O)OC(C)(C)C)CC3)c(F)c2)n1. The Morgan fingerprint density at radius 3 is 2.46 bits per heavy atom. The minimum absolute atomic E-state index is 0.291. The quantitative estimate of drug-likeness (QED) is 0.797. The standard InChI is InChI=1S/C18H23FN4O2S/c1-12-20-16(26-21-12)13-5-6-15(14(19)11-13)22-7-9-23(10-8-22)17(24)25-18(2,3)4/h5-6,11H,7-10H2,1-4H3. The predicted octanol–water partition coefficient (Wildman–Crippen LogP) is 3.71. The van der Waals surface area contributed by atoms with E-state index in [1.165, 1.54) is 17.6 Å². The highest BCUT2D eigenvalue weighted by Crippen LogP contribution is 2.28. The molecule has 0 saturated carbocycles. The molecule has 0 aliphatic carbocycles. The van der Waals surface area contributed by atoms with E-state index in [4.69, 9.17) is 4.74 Å². The maximum atomic E-state index is 14.6. The Morgan fingerprint density at radius 1 is 1.23 bits per heavy atom. The van der Waals surface area contributed by atoms with Gasteiger partial charge in [-0.2, -0.15) is 4.37 Å². The normalized spacial score (nSPS) is 15.3. The number of piperazine rings is 1. The zero-order valence-electron chi connectivity index (χ0n) is 15.5. The van der Waals surface area contributed by atoms with Gasteiger partial charge in [-0.25, -0.2) is 14.2 Å². The third-order valence-electron chi connectivity index (χ3n) is 3.99. The number of rotatable bonds is 2. The van der Waals surface area contributed by atoms with Crippen molar-refractivity contribution in [3.05, 3.63) is 29.8 Å². The molecule has 1 amide bonds. The molecule has 26 heavy (non-hydrogen) atoms. The first-order valence-electron chi connectivity index (χ1n) is 8.56. The Morgan fingerprint density at radius 2 is 1.92 bits per heavy atom. The van der Waals surface area contributed by atoms with E-state index in [1.54, 1.807) is 11.0 Å². The summed E-state index contributed by atoms with van der Waals surface area (Å²) in [6.07, 6.45) is -0.320. The molecule has 0 unspecified atom stereocenters. The second-order valence-electron chi connectivity index (χ2n) is 7.27. The van der Waals surface area contributed by atoms with E-state index in [1.807, 2.05) is 38.7 Å². The van der Waals surface area contributed by atoms with Crippen LogP contribution in [0, 0.1) is 12.7 Å². The van der Waals surface area contributed by atoms with E-state index in [0.717, 1.165) is 5.56 Å². The molecule has 6 nitrogen and oxygen atoms in total. The Hall–Kier alpha value is -2.22. The number of carbonyl (C=O) groups excluding carboxylic acids is 1. The Kier molecular flexibility index (Phi) is 5.13. The van der Waals surface area contributed by atoms with Crippen molar-refractivity contribution in [1.82, 2.24) is 14.3 Å². The number of amides is 1. The average molecular weight is 378 g/mol. The number of ether oxygens (including phenoxy) is 1. The van der Waals surface area contributed by atoms with Gasteiger partial charge in [-0.15, -0.1) is 0 Å². The molecule has 0 bridgehead atoms. The first-order valence-corrected chi connectivity index (χ1v) is 9.33. The lowest BCUT2D eigenvalue weighted by atomic mass is 10.1. The molecule has 1 saturated heterocycles. The summed E-state index contributed by atoms with van der Waals surface area (Å²) in [6.45, 7) is 9.49. The third-order valence-corrected chi connectivity index (χ3v) is 4.85. The predicted molar refractivity (Wildman–Crippen MR) is 100 cm³/mol. The van der Waals surface area contributed by atoms with Crippen LogP contribution in [0.5, 0.6) is 0 Å². The fourth-order valence-corrected chi connectivity index (χ4v) is 3.43. The summed E-state index contributed by atoms with van der Waals surface area (Å²) in [5.41, 5.74) is 0.752. The number of hydrogen-bond donors (Lipinski definition) is 0. The first-order chi connectivity index (χ1) is 12.2. The summed E-state index contributed by atoms with van der Waals surface area (Å²) in [5.74, 6) is 0.397. The fraction of sp³-hybridized carbons (Fsp3) is 0.500. The maximum Gasteiger partial charge on any atom is 0.410 e. The molecule has 8 heteroatoms. The summed E-state index contributed by atoms with van der Waals surface area (Å²) < 4.78 is 24.1. The summed E-state index contributed by atoms with van der Waals surface area (Å²) >= 11 is 1.26. The molecule has 0 spiro atoms. The molecule has 2 aromatic rings. The number of benzene rings is 1. The zero-order valence-corrected chi connectivity index (χ0v) is 16.3. The van der Waals surface area contributed by atoms with Crippen molar-refractivity contribution in [3.63, 3.8) is 0 Å². The van der Waals surface area contributed by atoms with Gasteiger partial charge in [-0.3, -0.25) is 0 Å². The molecule has 1 fully saturated rings. The van der Waals surface area contributed by atoms with Crippen LogP contribution >= 0.6 is 11.5 Å². The third kappa shape index (κ3) is 4.30. The summed E-state index contributed by atoms with van der Waals surface area (Å²) in [6, 6.07) is 5.12. The highest BCUT2D eigenvalue weighted by Gasteiger charge is 2.26. The van der Waals surface area contributed by atoms with Crippen molar-refractivity contribution in [1.29, 1.82) is 0 Å². The molecule has 1 aromatic heterocycles. The Balaban J connectivity index is 1.65. The highest BCUT2D eigenvalue weighted by molar-refractivity contribution is 7.09. The van der Waals surface area contributed by atoms with E-state index in [9.17, 15) is 9.18 Å². The lowest BCUT2D eigenvalue weighted by Gasteiger charge is -2.36. The van der Waals surface area contributed by atoms with Crippen LogP contribution in [0.15, 0.2) is 18.2 Å². The van der Waals surface area contributed by atoms with Gasteiger partial charge in [0.05, 0.1) is 5.69 Å². The minimum Gasteiger partial charge on any atom is -0.444 e. The van der Waals surface area contributed by atoms with Gasteiger partial charge in [0.15, 0.2) is 0 Å². The van der Waals surface area contributed by atoms with E-state index in [2.05, 4.69) is 9.36 Å². The Labute approximate surface area is 156 Å². The molecule has 3 rings (SSSR count). The van der Waals surface area contributed by atoms with E-state index in [0.29, 0.717) is 42.7 Å². The number of halogens is 1. The summed E-state index contributed by atoms with van der Waals surface area (Å²) in [7, 11) is 0. The second kappa shape index (κ2) is 7.19. The number of nitrogens with zero attached hydrogens (tertiary/aromatic N) is 4. The van der Waals surface area contributed by atoms with Crippen molar-refractivity contribution >= 4 is 23.3 Å². The van der Waals surface area contributed by atoms with Crippen molar-refractivity contribution in [3.8, 4) is 10.6 Å². The van der Waals surface area contributed by atoms with Gasteiger partial charge < -0.3 is 14.5 Å². The lowest BCUT2D eigenvalue weighted by molar-refractivity contribution is 0.0240. The van der Waals surface area contributed by atoms with Crippen molar-refractivity contribution in [2.24, 2.45) is 0 Å². The van der Waals surface area contributed by atoms with Gasteiger partial charge in [0, 0.05) is 31.7 Å². The smallest absolute Gasteiger partial charge is 0.410 e. The number of carbonyl (C=O) groups is 1. The molecule has 2 heterocycles. The molecule has 140 valence electrons. The summed E-state index contributed by atoms with van der Waals surface area (Å²) in [5, 5.41) is 0.711. The topological polar surface area (TPSA) is 58.6 Å². The number of hydrogen-bond acceptors (Lipinski definition) is 6. The molecule has 0 radical (unpaired) electrons. The van der Waals surface area contributed by atoms with E-state index < -0.39 is 5.60 Å². The fourth-order valence-electron chi connectivity index (χ4n) is 2.77. The van der Waals surface area contributed by atoms with Gasteiger partial charge in [-0.05, 0) is 57.4 Å². The van der Waals surface area contributed by atoms with Crippen LogP contribution < -0.4 is 4.90 Å². The van der Waals surface area contributed by atoms with E-state index >= 15 is 0 Å². The number of aryl methyl sites for hydroxylation is 1. The van der Waals surface area contributed by atoms with Crippen LogP contribution in [-0.4, -0.2) is 52.1 Å². The van der Waals surface area contributed by atoms with Crippen LogP contribution in [0.2, 0.25) is 0 Å². The van der Waals surface area contributed by atoms with Gasteiger partial charge in [0.25, 0.3) is 0 Å². The van der Waals surface area contributed by atoms with Crippen LogP contribution in [0.3, 0.4) is 0 Å². The number of aromatic nitrogens is 2. The maximum absolute atomic E-state index is 14.6. The van der Waals surface area contributed by atoms with Crippen LogP contribution in [0.1, 0.15) is 26.6 Å². The lowest BCUT2D eigenvalue weighted by Crippen LogP contribution is -2.50. The van der Waals surface area contributed by atoms with Gasteiger partial charge in [0.1, 0.15) is 22.3 Å². The molecule has 1 aliphatic heterocycles. The highest BCUT2D eigenvalue weighted by atomic mass is 32.1. The van der Waals surface area contributed by atoms with Gasteiger partial charge >= 0.3 is 6.09 Å². The molecule has 0 N–H and O–H groups in total. The van der Waals surface area contributed by atoms with Crippen LogP contribution in [0.25, 0.3) is 10.6 Å². The molecular weight excluding hydrogens is 355 g/mol. The van der Waals surface area contributed by atoms with Crippen LogP contribution in [-0.2, 0) is 4.74 Å². The van der Waals surface area contributed by atoms with E-state index in [-0.39, 0.29) is 11.9 Å². The average Bonchev–Trinajstić information content (AvgIpc) is 3.00. The molecular formula is C18H23FN4O2S. The summed E-state index contributed by atoms with van der Waals surface area (Å²) in [4.78, 5) is 20.0. The molecule has 1 aromatic carbocycles. The number of anilines is 1. The minimum atomic E-state index is -0.515. The monoisotopic (exact) mass is 378 g/mol. The van der Waals surface area contributed by atoms with Crippen LogP contribution in [0.4, 0.5) is 14.9 Å². The zero-order chi connectivity index (χ0) is 18.9. The van der Waals surface area contributed by atoms with Crippen molar-refractivity contribution in [2.75, 3.05) is 31.1 Å². The van der Waals surface area contributed by atoms with Crippen molar-refractivity contribution in [2.45, 2.75) is 33.3 Å². The largest absolute Gasteiger partial charge is 0.444 e. The molecule has 1 aliphatic rings. The first kappa shape index (κ1) is 18.6. The van der Waals surface area contributed by atoms with Gasteiger partial charge in [-0.1, -0.05) is 0 Å². The molecule has 0 atom stereocenters. The van der Waals surface area contributed by atoms with Crippen molar-refractivity contribution < 1.29 is 13.9 Å². The Bertz CT molecular complexity index is 795. The second-order valence-corrected chi connectivity index (χ2v) is 8.02. The van der Waals surface area contributed by atoms with Gasteiger partial charge in [0.2, 0.25) is 0 Å².